The van der Waals surface area contributed by atoms with Crippen molar-refractivity contribution in [1.29, 1.82) is 0 Å². The number of amides is 3. The Morgan fingerprint density at radius 2 is 1.65 bits per heavy atom. The van der Waals surface area contributed by atoms with Crippen LogP contribution in [0.4, 0.5) is 15.3 Å². The van der Waals surface area contributed by atoms with E-state index in [4.69, 9.17) is 20.8 Å². The number of hydrogen-bond acceptors (Lipinski definition) is 11. The first kappa shape index (κ1) is 36.0. The van der Waals surface area contributed by atoms with Crippen LogP contribution in [-0.2, 0) is 33.9 Å². The molecule has 3 amide bonds. The van der Waals surface area contributed by atoms with Gasteiger partial charge in [-0.25, -0.2) is 14.4 Å². The van der Waals surface area contributed by atoms with Crippen LogP contribution in [0.1, 0.15) is 20.8 Å². The van der Waals surface area contributed by atoms with Crippen LogP contribution in [-0.4, -0.2) is 82.0 Å². The van der Waals surface area contributed by atoms with E-state index in [0.29, 0.717) is 0 Å². The Morgan fingerprint density at radius 1 is 1.08 bits per heavy atom. The highest BCUT2D eigenvalue weighted by Gasteiger charge is 2.23. The minimum Gasteiger partial charge on any atom is -0.468 e. The minimum absolute atomic E-state index is 0. The van der Waals surface area contributed by atoms with Crippen molar-refractivity contribution in [3.05, 3.63) is 24.3 Å². The highest BCUT2D eigenvalue weighted by atomic mass is 35.5. The van der Waals surface area contributed by atoms with E-state index in [1.807, 2.05) is 0 Å². The second kappa shape index (κ2) is 16.5. The molecule has 0 saturated carbocycles. The van der Waals surface area contributed by atoms with Gasteiger partial charge in [0.1, 0.15) is 17.7 Å². The van der Waals surface area contributed by atoms with Crippen LogP contribution in [0, 0.1) is 0 Å². The highest BCUT2D eigenvalue weighted by Crippen LogP contribution is 2.14. The maximum atomic E-state index is 11.5. The fourth-order valence-electron chi connectivity index (χ4n) is 2.15. The van der Waals surface area contributed by atoms with Crippen molar-refractivity contribution in [3.63, 3.8) is 0 Å². The molecule has 17 heteroatoms. The molecule has 1 aromatic rings. The van der Waals surface area contributed by atoms with Crippen molar-refractivity contribution in [2.45, 2.75) is 43.4 Å². The molecule has 0 aliphatic heterocycles. The molecule has 0 aliphatic carbocycles. The quantitative estimate of drug-likeness (QED) is 0.137. The third-order valence-corrected chi connectivity index (χ3v) is 4.64. The first-order valence-electron chi connectivity index (χ1n) is 10.3. The number of nitrogens with one attached hydrogen (secondary N) is 3. The topological polar surface area (TPSA) is 238 Å². The number of halogens is 1. The number of alkyl carbamates (subject to hydrolysis) is 1. The van der Waals surface area contributed by atoms with Gasteiger partial charge in [-0.05, 0) is 39.0 Å². The third kappa shape index (κ3) is 15.5. The second-order valence-corrected chi connectivity index (χ2v) is 9.35. The summed E-state index contributed by atoms with van der Waals surface area (Å²) < 4.78 is 44.6. The molecule has 15 nitrogen and oxygen atoms in total. The molecule has 0 bridgehead atoms. The van der Waals surface area contributed by atoms with Gasteiger partial charge in [0.25, 0.3) is 10.1 Å². The number of carbonyl (C=O) groups is 4. The fraction of sp³-hybridized carbons (Fsp3) is 0.500. The van der Waals surface area contributed by atoms with Crippen LogP contribution in [0.25, 0.3) is 0 Å². The summed E-state index contributed by atoms with van der Waals surface area (Å²) in [4.78, 5) is 44.5. The number of carbonyl (C=O) groups excluding carboxylic acids is 4. The Kier molecular flexibility index (Phi) is 16.1. The largest absolute Gasteiger partial charge is 0.468 e. The Bertz CT molecular complexity index is 1020. The Morgan fingerprint density at radius 3 is 2.11 bits per heavy atom. The first-order valence-corrected chi connectivity index (χ1v) is 11.7. The van der Waals surface area contributed by atoms with Gasteiger partial charge in [0.15, 0.2) is 0 Å². The van der Waals surface area contributed by atoms with Crippen LogP contribution in [0.2, 0.25) is 0 Å². The SMILES string of the molecule is COC(=O)[C@@H](N)CNC(=O)Nc1cccc(S(=O)(=O)O)c1.COC(=O)[C@H](CN)NC(=O)OC(C)(C)C.Cl. The van der Waals surface area contributed by atoms with Gasteiger partial charge in [0.05, 0.1) is 19.1 Å². The molecule has 37 heavy (non-hydrogen) atoms. The van der Waals surface area contributed by atoms with Crippen LogP contribution >= 0.6 is 12.4 Å². The van der Waals surface area contributed by atoms with E-state index >= 15 is 0 Å². The van der Waals surface area contributed by atoms with Crippen LogP contribution in [0.5, 0.6) is 0 Å². The Hall–Kier alpha value is -3.18. The molecule has 0 heterocycles. The van der Waals surface area contributed by atoms with Crippen LogP contribution in [0.3, 0.4) is 0 Å². The van der Waals surface area contributed by atoms with Crippen molar-refractivity contribution in [2.75, 3.05) is 32.6 Å². The lowest BCUT2D eigenvalue weighted by atomic mass is 10.2. The van der Waals surface area contributed by atoms with Gasteiger partial charge in [0, 0.05) is 18.8 Å². The molecule has 0 spiro atoms. The van der Waals surface area contributed by atoms with E-state index < -0.39 is 51.9 Å². The summed E-state index contributed by atoms with van der Waals surface area (Å²) in [5.41, 5.74) is 10.2. The number of rotatable bonds is 8. The monoisotopic (exact) mass is 571 g/mol. The number of nitrogens with two attached hydrogens (primary N) is 2. The van der Waals surface area contributed by atoms with E-state index in [2.05, 4.69) is 25.4 Å². The average molecular weight is 572 g/mol. The average Bonchev–Trinajstić information content (AvgIpc) is 2.78. The molecule has 0 unspecified atom stereocenters. The molecule has 0 aromatic heterocycles. The fourth-order valence-corrected chi connectivity index (χ4v) is 2.68. The van der Waals surface area contributed by atoms with Crippen molar-refractivity contribution in [1.82, 2.24) is 10.6 Å². The summed E-state index contributed by atoms with van der Waals surface area (Å²) in [6.07, 6.45) is -0.691. The number of hydrogen-bond donors (Lipinski definition) is 6. The predicted octanol–water partition coefficient (Wildman–Crippen LogP) is -0.0117. The third-order valence-electron chi connectivity index (χ3n) is 3.79. The summed E-state index contributed by atoms with van der Waals surface area (Å²) >= 11 is 0. The van der Waals surface area contributed by atoms with Crippen molar-refractivity contribution < 1.29 is 46.4 Å². The summed E-state index contributed by atoms with van der Waals surface area (Å²) in [6, 6.07) is 2.45. The van der Waals surface area contributed by atoms with Crippen molar-refractivity contribution in [3.8, 4) is 0 Å². The number of ether oxygens (including phenoxy) is 3. The molecule has 0 radical (unpaired) electrons. The number of urea groups is 1. The van der Waals surface area contributed by atoms with Gasteiger partial charge in [-0.15, -0.1) is 12.4 Å². The highest BCUT2D eigenvalue weighted by molar-refractivity contribution is 7.85. The normalized spacial score (nSPS) is 12.2. The molecule has 0 saturated heterocycles. The van der Waals surface area contributed by atoms with Gasteiger partial charge >= 0.3 is 24.1 Å². The lowest BCUT2D eigenvalue weighted by molar-refractivity contribution is -0.143. The molecule has 1 aromatic carbocycles. The van der Waals surface area contributed by atoms with Gasteiger partial charge in [-0.1, -0.05) is 6.07 Å². The summed E-state index contributed by atoms with van der Waals surface area (Å²) in [5.74, 6) is -1.27. The zero-order valence-electron chi connectivity index (χ0n) is 21.0. The number of methoxy groups -OCH3 is 2. The lowest BCUT2D eigenvalue weighted by Gasteiger charge is -2.21. The Balaban J connectivity index is 0. The van der Waals surface area contributed by atoms with E-state index in [0.717, 1.165) is 6.07 Å². The maximum absolute atomic E-state index is 11.5. The number of anilines is 1. The molecule has 8 N–H and O–H groups in total. The van der Waals surface area contributed by atoms with Crippen LogP contribution in [0.15, 0.2) is 29.2 Å². The minimum atomic E-state index is -4.35. The second-order valence-electron chi connectivity index (χ2n) is 7.93. The van der Waals surface area contributed by atoms with Gasteiger partial charge in [-0.2, -0.15) is 8.42 Å². The molecular formula is C20H34ClN5O10S. The Labute approximate surface area is 221 Å². The van der Waals surface area contributed by atoms with Gasteiger partial charge < -0.3 is 41.6 Å². The van der Waals surface area contributed by atoms with Crippen LogP contribution < -0.4 is 27.4 Å². The van der Waals surface area contributed by atoms with E-state index in [9.17, 15) is 27.6 Å². The molecular weight excluding hydrogens is 538 g/mol. The smallest absolute Gasteiger partial charge is 0.408 e. The first-order chi connectivity index (χ1) is 16.5. The molecule has 1 rings (SSSR count). The van der Waals surface area contributed by atoms with Gasteiger partial charge in [-0.3, -0.25) is 9.35 Å². The summed E-state index contributed by atoms with van der Waals surface area (Å²) in [6.45, 7) is 4.98. The molecule has 2 atom stereocenters. The summed E-state index contributed by atoms with van der Waals surface area (Å²) in [5, 5.41) is 6.96. The summed E-state index contributed by atoms with van der Waals surface area (Å²) in [7, 11) is -1.96. The zero-order valence-corrected chi connectivity index (χ0v) is 22.6. The lowest BCUT2D eigenvalue weighted by Crippen LogP contribution is -2.48. The zero-order chi connectivity index (χ0) is 28.1. The van der Waals surface area contributed by atoms with Crippen molar-refractivity contribution >= 4 is 52.3 Å². The number of esters is 2. The maximum Gasteiger partial charge on any atom is 0.408 e. The van der Waals surface area contributed by atoms with E-state index in [-0.39, 0.29) is 36.1 Å². The van der Waals surface area contributed by atoms with E-state index in [1.54, 1.807) is 20.8 Å². The molecule has 0 aliphatic rings. The van der Waals surface area contributed by atoms with Gasteiger partial charge in [0.2, 0.25) is 0 Å². The standard InChI is InChI=1S/C11H15N3O6S.C9H18N2O4.ClH/c1-20-10(15)9(12)6-13-11(16)14-7-3-2-4-8(5-7)21(17,18)19;1-9(2,3)15-8(13)11-6(5-10)7(12)14-4;/h2-5,9H,6,12H2,1H3,(H2,13,14,16)(H,17,18,19);6H,5,10H2,1-4H3,(H,11,13);1H/t9-;6-;/m00./s1. The molecule has 212 valence electrons. The molecule has 0 fully saturated rings. The number of benzene rings is 1. The van der Waals surface area contributed by atoms with E-state index in [1.165, 1.54) is 32.4 Å². The van der Waals surface area contributed by atoms with Crippen molar-refractivity contribution in [2.24, 2.45) is 11.5 Å². The predicted molar refractivity (Wildman–Crippen MR) is 135 cm³/mol.